The summed E-state index contributed by atoms with van der Waals surface area (Å²) < 4.78 is 0. The minimum atomic E-state index is 0.131. The van der Waals surface area contributed by atoms with Gasteiger partial charge in [0.2, 0.25) is 0 Å². The van der Waals surface area contributed by atoms with Gasteiger partial charge in [0.15, 0.2) is 0 Å². The lowest BCUT2D eigenvalue weighted by Gasteiger charge is -2.25. The fourth-order valence-electron chi connectivity index (χ4n) is 2.40. The summed E-state index contributed by atoms with van der Waals surface area (Å²) in [5.41, 5.74) is 4.21. The third-order valence-electron chi connectivity index (χ3n) is 4.14. The Balaban J connectivity index is 2.10. The second-order valence-electron chi connectivity index (χ2n) is 7.46. The number of hydrogen-bond donors (Lipinski definition) is 0. The SMILES string of the molecule is CC(C)(C)c1cncc(CCC(C)(C)c2cccnc2)c1. The predicted octanol–water partition coefficient (Wildman–Crippen LogP) is 4.68. The fraction of sp³-hybridized carbons (Fsp3) is 0.474. The van der Waals surface area contributed by atoms with Gasteiger partial charge in [0.25, 0.3) is 0 Å². The lowest BCUT2D eigenvalue weighted by Crippen LogP contribution is -2.18. The van der Waals surface area contributed by atoms with E-state index in [9.17, 15) is 0 Å². The van der Waals surface area contributed by atoms with E-state index >= 15 is 0 Å². The van der Waals surface area contributed by atoms with Crippen LogP contribution in [0.5, 0.6) is 0 Å². The van der Waals surface area contributed by atoms with Crippen molar-refractivity contribution in [2.45, 2.75) is 58.3 Å². The molecule has 2 heteroatoms. The van der Waals surface area contributed by atoms with Gasteiger partial charge in [-0.25, -0.2) is 0 Å². The standard InChI is InChI=1S/C19H26N2/c1-18(2,3)17-11-15(12-21-14-17)8-9-19(4,5)16-7-6-10-20-13-16/h6-7,10-14H,8-9H2,1-5H3. The van der Waals surface area contributed by atoms with E-state index in [2.05, 4.69) is 56.7 Å². The third-order valence-corrected chi connectivity index (χ3v) is 4.14. The van der Waals surface area contributed by atoms with E-state index in [1.54, 1.807) is 0 Å². The molecule has 0 bridgehead atoms. The van der Waals surface area contributed by atoms with E-state index in [0.717, 1.165) is 12.8 Å². The highest BCUT2D eigenvalue weighted by Gasteiger charge is 2.21. The van der Waals surface area contributed by atoms with E-state index < -0.39 is 0 Å². The topological polar surface area (TPSA) is 25.8 Å². The number of pyridine rings is 2. The Morgan fingerprint density at radius 2 is 1.62 bits per heavy atom. The Labute approximate surface area is 128 Å². The zero-order valence-corrected chi connectivity index (χ0v) is 13.9. The van der Waals surface area contributed by atoms with Crippen molar-refractivity contribution >= 4 is 0 Å². The molecule has 0 aliphatic carbocycles. The van der Waals surface area contributed by atoms with Crippen LogP contribution < -0.4 is 0 Å². The van der Waals surface area contributed by atoms with E-state index in [1.165, 1.54) is 16.7 Å². The Morgan fingerprint density at radius 3 is 2.24 bits per heavy atom. The van der Waals surface area contributed by atoms with Gasteiger partial charge in [0.05, 0.1) is 0 Å². The van der Waals surface area contributed by atoms with Crippen molar-refractivity contribution in [3.05, 3.63) is 59.7 Å². The molecule has 0 radical (unpaired) electrons. The summed E-state index contributed by atoms with van der Waals surface area (Å²) in [6.07, 6.45) is 9.91. The molecule has 2 nitrogen and oxygen atoms in total. The van der Waals surface area contributed by atoms with Gasteiger partial charge in [0, 0.05) is 24.8 Å². The van der Waals surface area contributed by atoms with Gasteiger partial charge in [-0.2, -0.15) is 0 Å². The highest BCUT2D eigenvalue weighted by atomic mass is 14.6. The molecular weight excluding hydrogens is 256 g/mol. The molecular formula is C19H26N2. The maximum Gasteiger partial charge on any atom is 0.0305 e. The van der Waals surface area contributed by atoms with Crippen LogP contribution >= 0.6 is 0 Å². The highest BCUT2D eigenvalue weighted by molar-refractivity contribution is 5.25. The monoisotopic (exact) mass is 282 g/mol. The molecule has 0 aliphatic rings. The molecule has 2 aromatic rings. The van der Waals surface area contributed by atoms with Crippen LogP contribution in [0.15, 0.2) is 43.0 Å². The third kappa shape index (κ3) is 4.13. The van der Waals surface area contributed by atoms with Gasteiger partial charge < -0.3 is 0 Å². The fourth-order valence-corrected chi connectivity index (χ4v) is 2.40. The molecule has 2 rings (SSSR count). The van der Waals surface area contributed by atoms with Crippen molar-refractivity contribution in [1.29, 1.82) is 0 Å². The Morgan fingerprint density at radius 1 is 0.905 bits per heavy atom. The van der Waals surface area contributed by atoms with Crippen LogP contribution in [-0.4, -0.2) is 9.97 Å². The summed E-state index contributed by atoms with van der Waals surface area (Å²) in [6, 6.07) is 6.47. The maximum atomic E-state index is 4.41. The smallest absolute Gasteiger partial charge is 0.0305 e. The minimum absolute atomic E-state index is 0.131. The maximum absolute atomic E-state index is 4.41. The van der Waals surface area contributed by atoms with E-state index in [0.29, 0.717) is 0 Å². The Bertz CT molecular complexity index is 580. The van der Waals surface area contributed by atoms with Gasteiger partial charge in [-0.05, 0) is 46.4 Å². The van der Waals surface area contributed by atoms with Crippen molar-refractivity contribution in [3.8, 4) is 0 Å². The second-order valence-corrected chi connectivity index (χ2v) is 7.46. The average Bonchev–Trinajstić information content (AvgIpc) is 2.46. The van der Waals surface area contributed by atoms with Crippen molar-refractivity contribution in [1.82, 2.24) is 9.97 Å². The molecule has 0 amide bonds. The van der Waals surface area contributed by atoms with Crippen LogP contribution in [0.2, 0.25) is 0 Å². The van der Waals surface area contributed by atoms with Crippen LogP contribution in [0, 0.1) is 0 Å². The Hall–Kier alpha value is -1.70. The molecule has 112 valence electrons. The van der Waals surface area contributed by atoms with Gasteiger partial charge >= 0.3 is 0 Å². The van der Waals surface area contributed by atoms with Crippen molar-refractivity contribution in [2.75, 3.05) is 0 Å². The quantitative estimate of drug-likeness (QED) is 0.813. The van der Waals surface area contributed by atoms with Crippen LogP contribution in [-0.2, 0) is 17.3 Å². The zero-order chi connectivity index (χ0) is 15.5. The van der Waals surface area contributed by atoms with E-state index in [1.807, 2.05) is 30.9 Å². The lowest BCUT2D eigenvalue weighted by molar-refractivity contribution is 0.477. The molecule has 0 N–H and O–H groups in total. The molecule has 0 aliphatic heterocycles. The van der Waals surface area contributed by atoms with Crippen molar-refractivity contribution in [2.24, 2.45) is 0 Å². The van der Waals surface area contributed by atoms with E-state index in [-0.39, 0.29) is 10.8 Å². The Kier molecular flexibility index (Phi) is 4.46. The molecule has 0 unspecified atom stereocenters. The summed E-state index contributed by atoms with van der Waals surface area (Å²) in [6.45, 7) is 11.3. The minimum Gasteiger partial charge on any atom is -0.264 e. The van der Waals surface area contributed by atoms with Crippen molar-refractivity contribution < 1.29 is 0 Å². The highest BCUT2D eigenvalue weighted by Crippen LogP contribution is 2.29. The number of aryl methyl sites for hydroxylation is 1. The largest absolute Gasteiger partial charge is 0.264 e. The van der Waals surface area contributed by atoms with Gasteiger partial charge in [-0.3, -0.25) is 9.97 Å². The van der Waals surface area contributed by atoms with Crippen LogP contribution in [0.4, 0.5) is 0 Å². The number of rotatable bonds is 4. The molecule has 0 spiro atoms. The molecule has 2 aromatic heterocycles. The summed E-state index contributed by atoms with van der Waals surface area (Å²) in [4.78, 5) is 8.65. The van der Waals surface area contributed by atoms with Gasteiger partial charge in [-0.1, -0.05) is 46.8 Å². The first kappa shape index (κ1) is 15.7. The van der Waals surface area contributed by atoms with Crippen LogP contribution in [0.1, 0.15) is 57.7 Å². The summed E-state index contributed by atoms with van der Waals surface area (Å²) in [5.74, 6) is 0. The number of aromatic nitrogens is 2. The van der Waals surface area contributed by atoms with Crippen molar-refractivity contribution in [3.63, 3.8) is 0 Å². The molecule has 0 fully saturated rings. The van der Waals surface area contributed by atoms with Gasteiger partial charge in [-0.15, -0.1) is 0 Å². The predicted molar refractivity (Wildman–Crippen MR) is 88.5 cm³/mol. The molecule has 0 saturated heterocycles. The van der Waals surface area contributed by atoms with Gasteiger partial charge in [0.1, 0.15) is 0 Å². The number of nitrogens with zero attached hydrogens (tertiary/aromatic N) is 2. The van der Waals surface area contributed by atoms with Crippen LogP contribution in [0.3, 0.4) is 0 Å². The first-order valence-electron chi connectivity index (χ1n) is 7.64. The molecule has 0 saturated carbocycles. The molecule has 2 heterocycles. The summed E-state index contributed by atoms with van der Waals surface area (Å²) in [7, 11) is 0. The lowest BCUT2D eigenvalue weighted by atomic mass is 9.80. The number of hydrogen-bond acceptors (Lipinski definition) is 2. The normalized spacial score (nSPS) is 12.4. The van der Waals surface area contributed by atoms with E-state index in [4.69, 9.17) is 0 Å². The van der Waals surface area contributed by atoms with Crippen LogP contribution in [0.25, 0.3) is 0 Å². The molecule has 0 aromatic carbocycles. The first-order chi connectivity index (χ1) is 9.79. The average molecular weight is 282 g/mol. The zero-order valence-electron chi connectivity index (χ0n) is 13.9. The second kappa shape index (κ2) is 5.97. The molecule has 21 heavy (non-hydrogen) atoms. The first-order valence-corrected chi connectivity index (χ1v) is 7.64. The summed E-state index contributed by atoms with van der Waals surface area (Å²) in [5, 5.41) is 0. The molecule has 0 atom stereocenters. The summed E-state index contributed by atoms with van der Waals surface area (Å²) >= 11 is 0.